The average Bonchev–Trinajstić information content (AvgIpc) is 3.71. The van der Waals surface area contributed by atoms with Crippen LogP contribution in [0.5, 0.6) is 0 Å². The third kappa shape index (κ3) is 4.55. The van der Waals surface area contributed by atoms with E-state index in [0.717, 1.165) is 30.3 Å². The van der Waals surface area contributed by atoms with E-state index < -0.39 is 80.3 Å². The third-order valence-corrected chi connectivity index (χ3v) is 6.38. The summed E-state index contributed by atoms with van der Waals surface area (Å²) >= 11 is 0. The highest BCUT2D eigenvalue weighted by Crippen LogP contribution is 2.51. The van der Waals surface area contributed by atoms with Crippen LogP contribution in [0, 0.1) is 0 Å². The Balaban J connectivity index is 2.36. The van der Waals surface area contributed by atoms with Crippen LogP contribution < -0.4 is 0 Å². The summed E-state index contributed by atoms with van der Waals surface area (Å²) in [5.41, 5.74) is -5.99. The molecule has 198 valence electrons. The second-order valence-corrected chi connectivity index (χ2v) is 8.70. The predicted octanol–water partition coefficient (Wildman–Crippen LogP) is 4.09. The van der Waals surface area contributed by atoms with Crippen molar-refractivity contribution in [3.05, 3.63) is 81.4 Å². The molecule has 0 aliphatic heterocycles. The van der Waals surface area contributed by atoms with Crippen molar-refractivity contribution in [2.45, 2.75) is 18.8 Å². The molecule has 1 aliphatic rings. The first-order valence-corrected chi connectivity index (χ1v) is 11.2. The molecule has 4 rings (SSSR count). The number of hydrogen-bond donors (Lipinski definition) is 6. The molecule has 0 amide bonds. The van der Waals surface area contributed by atoms with Gasteiger partial charge in [-0.25, -0.2) is 28.8 Å². The molecule has 0 atom stereocenters. The van der Waals surface area contributed by atoms with Crippen LogP contribution in [-0.4, -0.2) is 66.5 Å². The van der Waals surface area contributed by atoms with Gasteiger partial charge in [0.15, 0.2) is 0 Å². The number of aromatic carboxylic acids is 6. The lowest BCUT2D eigenvalue weighted by molar-refractivity contribution is 0.0650. The van der Waals surface area contributed by atoms with Crippen LogP contribution in [0.2, 0.25) is 0 Å². The largest absolute Gasteiger partial charge is 0.478 e. The molecule has 0 aromatic heterocycles. The van der Waals surface area contributed by atoms with E-state index in [9.17, 15) is 59.4 Å². The minimum Gasteiger partial charge on any atom is -0.478 e. The zero-order valence-electron chi connectivity index (χ0n) is 19.7. The molecular weight excluding hydrogens is 516 g/mol. The molecule has 12 nitrogen and oxygen atoms in total. The maximum Gasteiger partial charge on any atom is 0.337 e. The molecule has 3 aromatic carbocycles. The van der Waals surface area contributed by atoms with Crippen molar-refractivity contribution in [1.82, 2.24) is 0 Å². The Morgan fingerprint density at radius 1 is 0.513 bits per heavy atom. The lowest BCUT2D eigenvalue weighted by Crippen LogP contribution is -2.17. The molecule has 0 saturated heterocycles. The highest BCUT2D eigenvalue weighted by molar-refractivity contribution is 6.16. The average molecular weight is 534 g/mol. The standard InChI is InChI=1S/C27H18O12/c28-22(29)13-5-1-3-11(18(13)25(34)35)17-15(10-7-8-10)9-16(24(32)33)21(27(38)39)20(17)12-4-2-6-14(23(30)31)19(12)26(36)37/h1-6,9-10H,7-8H2,(H,28,29)(H,30,31)(H,32,33)(H,34,35)(H,36,37)(H,38,39). The van der Waals surface area contributed by atoms with Gasteiger partial charge in [-0.2, -0.15) is 0 Å². The van der Waals surface area contributed by atoms with Crippen LogP contribution in [0.25, 0.3) is 22.3 Å². The molecule has 6 N–H and O–H groups in total. The molecule has 3 aromatic rings. The van der Waals surface area contributed by atoms with Crippen LogP contribution in [0.15, 0.2) is 42.5 Å². The van der Waals surface area contributed by atoms with Gasteiger partial charge < -0.3 is 30.6 Å². The van der Waals surface area contributed by atoms with Gasteiger partial charge >= 0.3 is 35.8 Å². The van der Waals surface area contributed by atoms with E-state index in [1.54, 1.807) is 0 Å². The third-order valence-electron chi connectivity index (χ3n) is 6.38. The van der Waals surface area contributed by atoms with Gasteiger partial charge in [0.1, 0.15) is 0 Å². The highest BCUT2D eigenvalue weighted by atomic mass is 16.4. The summed E-state index contributed by atoms with van der Waals surface area (Å²) in [6, 6.07) is 7.68. The summed E-state index contributed by atoms with van der Waals surface area (Å²) in [5.74, 6) is -10.6. The highest BCUT2D eigenvalue weighted by Gasteiger charge is 2.37. The summed E-state index contributed by atoms with van der Waals surface area (Å²) in [5, 5.41) is 59.4. The van der Waals surface area contributed by atoms with Crippen molar-refractivity contribution >= 4 is 35.8 Å². The Kier molecular flexibility index (Phi) is 6.63. The number of carboxylic acid groups (broad SMARTS) is 6. The van der Waals surface area contributed by atoms with Crippen molar-refractivity contribution < 1.29 is 59.4 Å². The van der Waals surface area contributed by atoms with E-state index in [-0.39, 0.29) is 22.6 Å². The molecule has 39 heavy (non-hydrogen) atoms. The fourth-order valence-corrected chi connectivity index (χ4v) is 4.71. The van der Waals surface area contributed by atoms with E-state index >= 15 is 0 Å². The quantitative estimate of drug-likeness (QED) is 0.228. The molecule has 1 aliphatic carbocycles. The van der Waals surface area contributed by atoms with Crippen LogP contribution in [-0.2, 0) is 0 Å². The summed E-state index contributed by atoms with van der Waals surface area (Å²) in [6.07, 6.45) is 1.000. The summed E-state index contributed by atoms with van der Waals surface area (Å²) in [4.78, 5) is 73.2. The minimum absolute atomic E-state index is 0.162. The number of carboxylic acids is 6. The maximum absolute atomic E-state index is 12.6. The van der Waals surface area contributed by atoms with Crippen molar-refractivity contribution in [2.24, 2.45) is 0 Å². The van der Waals surface area contributed by atoms with Crippen molar-refractivity contribution in [3.8, 4) is 22.3 Å². The minimum atomic E-state index is -1.81. The molecule has 0 spiro atoms. The zero-order chi connectivity index (χ0) is 28.8. The monoisotopic (exact) mass is 534 g/mol. The predicted molar refractivity (Wildman–Crippen MR) is 131 cm³/mol. The number of carbonyl (C=O) groups is 6. The number of hydrogen-bond acceptors (Lipinski definition) is 6. The second kappa shape index (κ2) is 9.74. The summed E-state index contributed by atoms with van der Waals surface area (Å²) in [6.45, 7) is 0. The summed E-state index contributed by atoms with van der Waals surface area (Å²) in [7, 11) is 0. The van der Waals surface area contributed by atoms with Crippen LogP contribution in [0.1, 0.15) is 86.5 Å². The Morgan fingerprint density at radius 3 is 1.28 bits per heavy atom. The van der Waals surface area contributed by atoms with Crippen molar-refractivity contribution in [3.63, 3.8) is 0 Å². The normalized spacial score (nSPS) is 12.5. The summed E-state index contributed by atoms with van der Waals surface area (Å²) < 4.78 is 0. The Labute approximate surface area is 218 Å². The van der Waals surface area contributed by atoms with Gasteiger partial charge in [0.2, 0.25) is 0 Å². The van der Waals surface area contributed by atoms with Gasteiger partial charge in [-0.1, -0.05) is 24.3 Å². The topological polar surface area (TPSA) is 224 Å². The number of benzene rings is 3. The lowest BCUT2D eigenvalue weighted by atomic mass is 9.79. The van der Waals surface area contributed by atoms with Gasteiger partial charge in [0.05, 0.1) is 33.4 Å². The fraction of sp³-hybridized carbons (Fsp3) is 0.111. The van der Waals surface area contributed by atoms with Crippen molar-refractivity contribution in [1.29, 1.82) is 0 Å². The smallest absolute Gasteiger partial charge is 0.337 e. The van der Waals surface area contributed by atoms with Gasteiger partial charge in [-0.05, 0) is 59.2 Å². The maximum atomic E-state index is 12.6. The van der Waals surface area contributed by atoms with Gasteiger partial charge in [0, 0.05) is 5.56 Å². The van der Waals surface area contributed by atoms with Crippen LogP contribution in [0.4, 0.5) is 0 Å². The Bertz CT molecular complexity index is 1630. The first-order valence-electron chi connectivity index (χ1n) is 11.2. The molecule has 0 radical (unpaired) electrons. The van der Waals surface area contributed by atoms with Crippen LogP contribution in [0.3, 0.4) is 0 Å². The lowest BCUT2D eigenvalue weighted by Gasteiger charge is -2.23. The van der Waals surface area contributed by atoms with Gasteiger partial charge in [-0.15, -0.1) is 0 Å². The number of rotatable bonds is 9. The van der Waals surface area contributed by atoms with Crippen molar-refractivity contribution in [2.75, 3.05) is 0 Å². The Morgan fingerprint density at radius 2 is 0.923 bits per heavy atom. The zero-order valence-corrected chi connectivity index (χ0v) is 19.7. The first kappa shape index (κ1) is 26.5. The molecular formula is C27H18O12. The molecule has 0 heterocycles. The van der Waals surface area contributed by atoms with E-state index in [2.05, 4.69) is 0 Å². The Hall–Kier alpha value is -5.52. The van der Waals surface area contributed by atoms with Gasteiger partial charge in [-0.3, -0.25) is 0 Å². The van der Waals surface area contributed by atoms with E-state index in [1.807, 2.05) is 0 Å². The second-order valence-electron chi connectivity index (χ2n) is 8.70. The first-order chi connectivity index (χ1) is 18.4. The molecule has 12 heteroatoms. The fourth-order valence-electron chi connectivity index (χ4n) is 4.71. The van der Waals surface area contributed by atoms with Crippen LogP contribution >= 0.6 is 0 Å². The molecule has 1 fully saturated rings. The van der Waals surface area contributed by atoms with E-state index in [4.69, 9.17) is 0 Å². The molecule has 0 bridgehead atoms. The molecule has 0 unspecified atom stereocenters. The SMILES string of the molecule is O=C(O)c1cccc(-c2c(C3CC3)cc(C(=O)O)c(C(=O)O)c2-c2cccc(C(=O)O)c2C(=O)O)c1C(=O)O. The van der Waals surface area contributed by atoms with E-state index in [1.165, 1.54) is 12.1 Å². The van der Waals surface area contributed by atoms with Gasteiger partial charge in [0.25, 0.3) is 0 Å². The molecule has 1 saturated carbocycles. The van der Waals surface area contributed by atoms with E-state index in [0.29, 0.717) is 12.8 Å².